The summed E-state index contributed by atoms with van der Waals surface area (Å²) in [5.74, 6) is 0.0387. The summed E-state index contributed by atoms with van der Waals surface area (Å²) >= 11 is 0. The van der Waals surface area contributed by atoms with Crippen molar-refractivity contribution in [2.45, 2.75) is 39.5 Å². The van der Waals surface area contributed by atoms with Crippen molar-refractivity contribution in [2.75, 3.05) is 24.6 Å². The quantitative estimate of drug-likeness (QED) is 0.776. The zero-order chi connectivity index (χ0) is 16.8. The Bertz CT molecular complexity index is 595. The van der Waals surface area contributed by atoms with Gasteiger partial charge in [-0.15, -0.1) is 0 Å². The molecule has 7 heteroatoms. The Morgan fingerprint density at radius 3 is 2.61 bits per heavy atom. The average Bonchev–Trinajstić information content (AvgIpc) is 2.55. The summed E-state index contributed by atoms with van der Waals surface area (Å²) in [5, 5.41) is 0. The van der Waals surface area contributed by atoms with Gasteiger partial charge in [-0.25, -0.2) is 14.8 Å². The normalized spacial score (nSPS) is 14.5. The molecule has 1 aliphatic heterocycles. The molecule has 0 N–H and O–H groups in total. The summed E-state index contributed by atoms with van der Waals surface area (Å²) in [5.41, 5.74) is 0.730. The molecule has 0 aromatic carbocycles. The van der Waals surface area contributed by atoms with Crippen LogP contribution in [0.25, 0.3) is 0 Å². The molecular weight excluding hydrogens is 304 g/mol. The van der Waals surface area contributed by atoms with E-state index in [2.05, 4.69) is 14.9 Å². The zero-order valence-electron chi connectivity index (χ0n) is 13.4. The molecule has 1 saturated heterocycles. The highest BCUT2D eigenvalue weighted by molar-refractivity contribution is 5.90. The summed E-state index contributed by atoms with van der Waals surface area (Å²) in [6, 6.07) is 0. The minimum Gasteiger partial charge on any atom is -0.462 e. The number of hydrogen-bond acceptors (Lipinski definition) is 5. The van der Waals surface area contributed by atoms with Gasteiger partial charge < -0.3 is 9.64 Å². The molecule has 0 bridgehead atoms. The first-order valence-electron chi connectivity index (χ1n) is 7.75. The molecule has 0 spiro atoms. The molecule has 0 amide bonds. The lowest BCUT2D eigenvalue weighted by atomic mass is 10.1. The Kier molecular flexibility index (Phi) is 6.01. The minimum atomic E-state index is -1.73. The number of rotatable bonds is 5. The van der Waals surface area contributed by atoms with Gasteiger partial charge in [0, 0.05) is 25.7 Å². The Morgan fingerprint density at radius 1 is 1.30 bits per heavy atom. The first-order valence-corrected chi connectivity index (χ1v) is 7.75. The van der Waals surface area contributed by atoms with Gasteiger partial charge in [-0.05, 0) is 38.7 Å². The van der Waals surface area contributed by atoms with Crippen LogP contribution in [0.3, 0.4) is 0 Å². The summed E-state index contributed by atoms with van der Waals surface area (Å²) in [7, 11) is 0. The molecule has 5 nitrogen and oxygen atoms in total. The number of aromatic nitrogens is 2. The number of ether oxygens (including phenoxy) is 1. The zero-order valence-corrected chi connectivity index (χ0v) is 13.4. The molecule has 1 aliphatic rings. The molecule has 0 radical (unpaired) electrons. The van der Waals surface area contributed by atoms with Crippen molar-refractivity contribution in [1.29, 1.82) is 0 Å². The summed E-state index contributed by atoms with van der Waals surface area (Å²) in [6.07, 6.45) is 3.18. The lowest BCUT2D eigenvalue weighted by Crippen LogP contribution is -2.31. The maximum atomic E-state index is 12.3. The highest BCUT2D eigenvalue weighted by Crippen LogP contribution is 2.17. The second-order valence-corrected chi connectivity index (χ2v) is 5.64. The smallest absolute Gasteiger partial charge is 0.341 e. The molecule has 1 aromatic heterocycles. The van der Waals surface area contributed by atoms with Crippen LogP contribution in [-0.4, -0.2) is 35.6 Å². The number of carbonyl (C=O) groups is 1. The maximum absolute atomic E-state index is 12.3. The van der Waals surface area contributed by atoms with Crippen LogP contribution < -0.4 is 4.90 Å². The van der Waals surface area contributed by atoms with E-state index in [0.29, 0.717) is 11.6 Å². The lowest BCUT2D eigenvalue weighted by Gasteiger charge is -2.26. The fraction of sp³-hybridized carbons (Fsp3) is 0.562. The fourth-order valence-electron chi connectivity index (χ4n) is 2.37. The molecule has 126 valence electrons. The summed E-state index contributed by atoms with van der Waals surface area (Å²) < 4.78 is 29.6. The number of carbonyl (C=O) groups excluding carboxylic acids is 1. The summed E-state index contributed by atoms with van der Waals surface area (Å²) in [6.45, 7) is 4.78. The van der Waals surface area contributed by atoms with Crippen LogP contribution in [0, 0.1) is 6.92 Å². The van der Waals surface area contributed by atoms with E-state index in [1.165, 1.54) is 19.5 Å². The van der Waals surface area contributed by atoms with Crippen molar-refractivity contribution < 1.29 is 18.3 Å². The number of halogens is 2. The van der Waals surface area contributed by atoms with Gasteiger partial charge in [-0.1, -0.05) is 0 Å². The van der Waals surface area contributed by atoms with Crippen molar-refractivity contribution in [3.05, 3.63) is 29.1 Å². The molecular formula is C16H21F2N3O2. The van der Waals surface area contributed by atoms with Crippen LogP contribution in [0.5, 0.6) is 0 Å². The molecule has 23 heavy (non-hydrogen) atoms. The van der Waals surface area contributed by atoms with E-state index in [9.17, 15) is 13.6 Å². The monoisotopic (exact) mass is 325 g/mol. The number of piperidine rings is 1. The predicted octanol–water partition coefficient (Wildman–Crippen LogP) is 3.49. The van der Waals surface area contributed by atoms with E-state index in [1.54, 1.807) is 6.92 Å². The van der Waals surface area contributed by atoms with Crippen LogP contribution in [0.2, 0.25) is 0 Å². The van der Waals surface area contributed by atoms with Crippen molar-refractivity contribution in [1.82, 2.24) is 9.97 Å². The third-order valence-electron chi connectivity index (χ3n) is 3.86. The SMILES string of the molecule is CC(CCOC(=O)c1cnc(N2CCCCC2)nc1C)=C(F)F. The highest BCUT2D eigenvalue weighted by Gasteiger charge is 2.17. The first kappa shape index (κ1) is 17.3. The van der Waals surface area contributed by atoms with E-state index < -0.39 is 12.0 Å². The van der Waals surface area contributed by atoms with E-state index in [0.717, 1.165) is 25.9 Å². The molecule has 2 rings (SSSR count). The van der Waals surface area contributed by atoms with Gasteiger partial charge in [0.25, 0.3) is 6.08 Å². The average molecular weight is 325 g/mol. The largest absolute Gasteiger partial charge is 0.462 e. The molecule has 0 saturated carbocycles. The minimum absolute atomic E-state index is 0.0137. The Labute approximate surface area is 134 Å². The maximum Gasteiger partial charge on any atom is 0.341 e. The van der Waals surface area contributed by atoms with Gasteiger partial charge in [0.05, 0.1) is 17.9 Å². The van der Waals surface area contributed by atoms with E-state index in [1.807, 2.05) is 0 Å². The Balaban J connectivity index is 1.97. The van der Waals surface area contributed by atoms with Gasteiger partial charge >= 0.3 is 5.97 Å². The van der Waals surface area contributed by atoms with E-state index in [4.69, 9.17) is 4.74 Å². The van der Waals surface area contributed by atoms with Crippen LogP contribution in [0.15, 0.2) is 17.9 Å². The molecule has 0 atom stereocenters. The molecule has 1 fully saturated rings. The molecule has 2 heterocycles. The number of esters is 1. The number of hydrogen-bond donors (Lipinski definition) is 0. The van der Waals surface area contributed by atoms with E-state index in [-0.39, 0.29) is 24.2 Å². The molecule has 1 aromatic rings. The number of nitrogens with zero attached hydrogens (tertiary/aromatic N) is 3. The van der Waals surface area contributed by atoms with Gasteiger partial charge in [0.2, 0.25) is 5.95 Å². The number of anilines is 1. The van der Waals surface area contributed by atoms with Crippen molar-refractivity contribution in [3.63, 3.8) is 0 Å². The lowest BCUT2D eigenvalue weighted by molar-refractivity contribution is 0.0506. The second kappa shape index (κ2) is 7.99. The van der Waals surface area contributed by atoms with Crippen molar-refractivity contribution >= 4 is 11.9 Å². The third-order valence-corrected chi connectivity index (χ3v) is 3.86. The van der Waals surface area contributed by atoms with Gasteiger partial charge in [0.15, 0.2) is 0 Å². The Morgan fingerprint density at radius 2 is 2.00 bits per heavy atom. The van der Waals surface area contributed by atoms with Crippen molar-refractivity contribution in [3.8, 4) is 0 Å². The molecule has 0 unspecified atom stereocenters. The summed E-state index contributed by atoms with van der Waals surface area (Å²) in [4.78, 5) is 22.7. The van der Waals surface area contributed by atoms with Gasteiger partial charge in [-0.2, -0.15) is 8.78 Å². The number of aryl methyl sites for hydroxylation is 1. The second-order valence-electron chi connectivity index (χ2n) is 5.64. The standard InChI is InChI=1S/C16H21F2N3O2/c1-11(14(17)18)6-9-23-15(22)13-10-19-16(20-12(13)2)21-7-4-3-5-8-21/h10H,3-9H2,1-2H3. The Hall–Kier alpha value is -2.05. The van der Waals surface area contributed by atoms with Crippen LogP contribution in [-0.2, 0) is 4.74 Å². The fourth-order valence-corrected chi connectivity index (χ4v) is 2.37. The van der Waals surface area contributed by atoms with Crippen LogP contribution in [0.1, 0.15) is 48.7 Å². The topological polar surface area (TPSA) is 55.3 Å². The highest BCUT2D eigenvalue weighted by atomic mass is 19.3. The van der Waals surface area contributed by atoms with E-state index >= 15 is 0 Å². The van der Waals surface area contributed by atoms with Crippen LogP contribution >= 0.6 is 0 Å². The first-order chi connectivity index (χ1) is 11.0. The predicted molar refractivity (Wildman–Crippen MR) is 82.6 cm³/mol. The van der Waals surface area contributed by atoms with Gasteiger partial charge in [0.1, 0.15) is 0 Å². The third kappa shape index (κ3) is 4.71. The van der Waals surface area contributed by atoms with Crippen molar-refractivity contribution in [2.24, 2.45) is 0 Å². The van der Waals surface area contributed by atoms with Gasteiger partial charge in [-0.3, -0.25) is 0 Å². The molecule has 0 aliphatic carbocycles. The van der Waals surface area contributed by atoms with Crippen LogP contribution in [0.4, 0.5) is 14.7 Å².